The van der Waals surface area contributed by atoms with E-state index in [9.17, 15) is 0 Å². The molecule has 1 aliphatic carbocycles. The molecule has 1 aromatic heterocycles. The van der Waals surface area contributed by atoms with Crippen molar-refractivity contribution in [1.82, 2.24) is 19.8 Å². The van der Waals surface area contributed by atoms with E-state index in [-0.39, 0.29) is 0 Å². The van der Waals surface area contributed by atoms with Crippen LogP contribution in [0.15, 0.2) is 12.4 Å². The second-order valence-corrected chi connectivity index (χ2v) is 6.50. The van der Waals surface area contributed by atoms with Gasteiger partial charge in [-0.15, -0.1) is 0 Å². The summed E-state index contributed by atoms with van der Waals surface area (Å²) in [7, 11) is 4.23. The van der Waals surface area contributed by atoms with Gasteiger partial charge in [0.15, 0.2) is 0 Å². The molecule has 0 amide bonds. The van der Waals surface area contributed by atoms with E-state index in [0.717, 1.165) is 6.42 Å². The van der Waals surface area contributed by atoms with Crippen LogP contribution >= 0.6 is 0 Å². The Bertz CT molecular complexity index is 427. The van der Waals surface area contributed by atoms with Gasteiger partial charge in [-0.3, -0.25) is 4.90 Å². The lowest BCUT2D eigenvalue weighted by Gasteiger charge is -2.45. The number of likely N-dealkylation sites (N-methyl/N-ethyl adjacent to an activating group) is 1. The van der Waals surface area contributed by atoms with Gasteiger partial charge in [-0.05, 0) is 45.8 Å². The van der Waals surface area contributed by atoms with Gasteiger partial charge in [0.1, 0.15) is 5.82 Å². The number of rotatable bonds is 5. The van der Waals surface area contributed by atoms with Crippen LogP contribution in [0, 0.1) is 0 Å². The van der Waals surface area contributed by atoms with E-state index in [2.05, 4.69) is 40.1 Å². The number of nitrogens with zero attached hydrogens (tertiary/aromatic N) is 3. The maximum Gasteiger partial charge on any atom is 0.109 e. The van der Waals surface area contributed by atoms with Crippen molar-refractivity contribution in [2.45, 2.75) is 56.5 Å². The zero-order chi connectivity index (χ0) is 14.0. The number of hydrogen-bond acceptors (Lipinski definition) is 3. The van der Waals surface area contributed by atoms with E-state index >= 15 is 0 Å². The Kier molecular flexibility index (Phi) is 4.13. The first kappa shape index (κ1) is 14.1. The molecular formula is C16H28N4. The number of aryl methyl sites for hydroxylation is 1. The largest absolute Gasteiger partial charge is 0.338 e. The molecular weight excluding hydrogens is 248 g/mol. The van der Waals surface area contributed by atoms with Gasteiger partial charge in [-0.1, -0.05) is 12.8 Å². The van der Waals surface area contributed by atoms with Crippen molar-refractivity contribution in [3.8, 4) is 0 Å². The third-order valence-corrected chi connectivity index (χ3v) is 5.51. The zero-order valence-electron chi connectivity index (χ0n) is 12.9. The van der Waals surface area contributed by atoms with Gasteiger partial charge >= 0.3 is 0 Å². The lowest BCUT2D eigenvalue weighted by Crippen LogP contribution is -2.59. The first-order valence-corrected chi connectivity index (χ1v) is 8.15. The molecule has 0 bridgehead atoms. The van der Waals surface area contributed by atoms with Crippen LogP contribution in [0.3, 0.4) is 0 Å². The molecule has 0 spiro atoms. The van der Waals surface area contributed by atoms with Gasteiger partial charge in [0.25, 0.3) is 0 Å². The third-order valence-electron chi connectivity index (χ3n) is 5.51. The van der Waals surface area contributed by atoms with Gasteiger partial charge in [-0.25, -0.2) is 4.98 Å². The van der Waals surface area contributed by atoms with Crippen LogP contribution in [0.1, 0.15) is 44.3 Å². The average molecular weight is 276 g/mol. The van der Waals surface area contributed by atoms with Crippen molar-refractivity contribution < 1.29 is 0 Å². The van der Waals surface area contributed by atoms with Gasteiger partial charge in [0.05, 0.1) is 0 Å². The first-order chi connectivity index (χ1) is 9.76. The molecule has 2 aliphatic rings. The molecule has 2 fully saturated rings. The molecule has 20 heavy (non-hydrogen) atoms. The summed E-state index contributed by atoms with van der Waals surface area (Å²) in [6.07, 6.45) is 13.2. The smallest absolute Gasteiger partial charge is 0.109 e. The SMILES string of the molecule is CNC(Cc1nccn1C)C1(N2CCCC2)CCCC1. The molecule has 1 aliphatic heterocycles. The Hall–Kier alpha value is -0.870. The summed E-state index contributed by atoms with van der Waals surface area (Å²) in [4.78, 5) is 7.32. The minimum absolute atomic E-state index is 0.372. The number of likely N-dealkylation sites (tertiary alicyclic amines) is 1. The predicted molar refractivity (Wildman–Crippen MR) is 81.8 cm³/mol. The van der Waals surface area contributed by atoms with E-state index in [1.54, 1.807) is 0 Å². The highest BCUT2D eigenvalue weighted by Gasteiger charge is 2.46. The fourth-order valence-electron chi connectivity index (χ4n) is 4.37. The molecule has 1 saturated carbocycles. The van der Waals surface area contributed by atoms with E-state index in [1.807, 2.05) is 6.20 Å². The fraction of sp³-hybridized carbons (Fsp3) is 0.812. The molecule has 4 nitrogen and oxygen atoms in total. The summed E-state index contributed by atoms with van der Waals surface area (Å²) < 4.78 is 2.16. The second kappa shape index (κ2) is 5.86. The normalized spacial score (nSPS) is 24.3. The minimum Gasteiger partial charge on any atom is -0.338 e. The van der Waals surface area contributed by atoms with Crippen molar-refractivity contribution in [2.24, 2.45) is 7.05 Å². The Morgan fingerprint density at radius 3 is 2.50 bits per heavy atom. The number of aromatic nitrogens is 2. The number of hydrogen-bond donors (Lipinski definition) is 1. The zero-order valence-corrected chi connectivity index (χ0v) is 12.9. The summed E-state index contributed by atoms with van der Waals surface area (Å²) in [5.74, 6) is 1.20. The third kappa shape index (κ3) is 2.40. The van der Waals surface area contributed by atoms with Crippen molar-refractivity contribution in [3.63, 3.8) is 0 Å². The molecule has 4 heteroatoms. The van der Waals surface area contributed by atoms with Crippen LogP contribution in [0.2, 0.25) is 0 Å². The molecule has 2 heterocycles. The van der Waals surface area contributed by atoms with Gasteiger partial charge in [-0.2, -0.15) is 0 Å². The predicted octanol–water partition coefficient (Wildman–Crippen LogP) is 1.96. The average Bonchev–Trinajstić information content (AvgIpc) is 3.18. The van der Waals surface area contributed by atoms with E-state index < -0.39 is 0 Å². The summed E-state index contributed by atoms with van der Waals surface area (Å²) in [5, 5.41) is 3.63. The summed E-state index contributed by atoms with van der Waals surface area (Å²) in [5.41, 5.74) is 0.372. The van der Waals surface area contributed by atoms with E-state index in [1.165, 1.54) is 57.4 Å². The van der Waals surface area contributed by atoms with Crippen molar-refractivity contribution >= 4 is 0 Å². The molecule has 1 unspecified atom stereocenters. The Morgan fingerprint density at radius 1 is 1.25 bits per heavy atom. The maximum absolute atomic E-state index is 4.54. The van der Waals surface area contributed by atoms with E-state index in [0.29, 0.717) is 11.6 Å². The second-order valence-electron chi connectivity index (χ2n) is 6.50. The van der Waals surface area contributed by atoms with Crippen LogP contribution < -0.4 is 5.32 Å². The van der Waals surface area contributed by atoms with Crippen LogP contribution in [0.25, 0.3) is 0 Å². The highest BCUT2D eigenvalue weighted by Crippen LogP contribution is 2.40. The highest BCUT2D eigenvalue weighted by molar-refractivity contribution is 5.08. The van der Waals surface area contributed by atoms with Crippen LogP contribution in [-0.2, 0) is 13.5 Å². The van der Waals surface area contributed by atoms with E-state index in [4.69, 9.17) is 0 Å². The van der Waals surface area contributed by atoms with Gasteiger partial charge in [0, 0.05) is 37.4 Å². The van der Waals surface area contributed by atoms with Crippen molar-refractivity contribution in [2.75, 3.05) is 20.1 Å². The summed E-state index contributed by atoms with van der Waals surface area (Å²) >= 11 is 0. The molecule has 1 atom stereocenters. The fourth-order valence-corrected chi connectivity index (χ4v) is 4.37. The summed E-state index contributed by atoms with van der Waals surface area (Å²) in [6.45, 7) is 2.58. The van der Waals surface area contributed by atoms with Crippen LogP contribution in [-0.4, -0.2) is 46.2 Å². The first-order valence-electron chi connectivity index (χ1n) is 8.15. The van der Waals surface area contributed by atoms with Crippen LogP contribution in [0.5, 0.6) is 0 Å². The van der Waals surface area contributed by atoms with Crippen LogP contribution in [0.4, 0.5) is 0 Å². The summed E-state index contributed by atoms with van der Waals surface area (Å²) in [6, 6.07) is 0.518. The lowest BCUT2D eigenvalue weighted by atomic mass is 9.84. The van der Waals surface area contributed by atoms with Crippen molar-refractivity contribution in [1.29, 1.82) is 0 Å². The maximum atomic E-state index is 4.54. The molecule has 0 radical (unpaired) electrons. The molecule has 0 aromatic carbocycles. The monoisotopic (exact) mass is 276 g/mol. The Morgan fingerprint density at radius 2 is 1.95 bits per heavy atom. The lowest BCUT2D eigenvalue weighted by molar-refractivity contribution is 0.0787. The molecule has 1 aromatic rings. The standard InChI is InChI=1S/C16H28N4/c1-17-14(13-15-18-9-12-19(15)2)16(7-3-4-8-16)20-10-5-6-11-20/h9,12,14,17H,3-8,10-11,13H2,1-2H3. The van der Waals surface area contributed by atoms with Crippen molar-refractivity contribution in [3.05, 3.63) is 18.2 Å². The highest BCUT2D eigenvalue weighted by atomic mass is 15.2. The quantitative estimate of drug-likeness (QED) is 0.892. The molecule has 3 rings (SSSR count). The topological polar surface area (TPSA) is 33.1 Å². The number of imidazole rings is 1. The van der Waals surface area contributed by atoms with Gasteiger partial charge < -0.3 is 9.88 Å². The Labute approximate surface area is 122 Å². The number of nitrogens with one attached hydrogen (secondary N) is 1. The Balaban J connectivity index is 1.82. The van der Waals surface area contributed by atoms with Gasteiger partial charge in [0.2, 0.25) is 0 Å². The molecule has 1 saturated heterocycles. The molecule has 1 N–H and O–H groups in total. The molecule has 112 valence electrons. The minimum atomic E-state index is 0.372.